The molecule has 4 nitrogen and oxygen atoms in total. The molecule has 0 radical (unpaired) electrons. The van der Waals surface area contributed by atoms with Crippen molar-refractivity contribution in [3.05, 3.63) is 66.9 Å². The topological polar surface area (TPSA) is 51.4 Å². The number of hydrogen-bond acceptors (Lipinski definition) is 3. The quantitative estimate of drug-likeness (QED) is 0.386. The second-order valence-corrected chi connectivity index (χ2v) is 6.01. The van der Waals surface area contributed by atoms with Crippen LogP contribution in [0.3, 0.4) is 0 Å². The molecule has 4 heteroatoms. The Morgan fingerprint density at radius 1 is 1.31 bits per heavy atom. The summed E-state index contributed by atoms with van der Waals surface area (Å²) in [5.74, 6) is 0.772. The fourth-order valence-electron chi connectivity index (χ4n) is 2.45. The van der Waals surface area contributed by atoms with Crippen LogP contribution in [0.1, 0.15) is 32.3 Å². The third kappa shape index (κ3) is 7.96. The van der Waals surface area contributed by atoms with Crippen molar-refractivity contribution < 1.29 is 0 Å². The molecule has 26 heavy (non-hydrogen) atoms. The highest BCUT2D eigenvalue weighted by atomic mass is 15.1. The van der Waals surface area contributed by atoms with Crippen LogP contribution in [0, 0.1) is 11.3 Å². The van der Waals surface area contributed by atoms with Crippen molar-refractivity contribution in [3.63, 3.8) is 0 Å². The third-order valence-corrected chi connectivity index (χ3v) is 4.01. The van der Waals surface area contributed by atoms with Crippen molar-refractivity contribution >= 4 is 11.4 Å². The Balaban J connectivity index is 2.46. The smallest absolute Gasteiger partial charge is 0.124 e. The molecule has 0 aliphatic carbocycles. The minimum atomic E-state index is -0.0454. The summed E-state index contributed by atoms with van der Waals surface area (Å²) in [6.07, 6.45) is 9.78. The van der Waals surface area contributed by atoms with Crippen LogP contribution < -0.4 is 5.32 Å². The number of rotatable bonds is 10. The standard InChI is InChI=1S/C22H30N4/c1-5-16-26(20(3)18-23)17-10-9-15-25-22(24-4)14-13-19(2)21-11-7-6-8-12-21/h6-9,11-15,20H,2,5,10,16-17H2,1,3-4H3,(H,24,25)/b14-13-,15-9+. The molecule has 0 aromatic heterocycles. The van der Waals surface area contributed by atoms with Crippen LogP contribution >= 0.6 is 0 Å². The van der Waals surface area contributed by atoms with Gasteiger partial charge in [0.05, 0.1) is 12.1 Å². The van der Waals surface area contributed by atoms with Crippen LogP contribution in [0.25, 0.3) is 5.57 Å². The maximum absolute atomic E-state index is 9.07. The monoisotopic (exact) mass is 350 g/mol. The Morgan fingerprint density at radius 3 is 2.65 bits per heavy atom. The van der Waals surface area contributed by atoms with Crippen LogP contribution in [-0.4, -0.2) is 36.9 Å². The first kappa shape index (κ1) is 21.4. The summed E-state index contributed by atoms with van der Waals surface area (Å²) < 4.78 is 0. The summed E-state index contributed by atoms with van der Waals surface area (Å²) in [5, 5.41) is 12.3. The van der Waals surface area contributed by atoms with Gasteiger partial charge in [0.15, 0.2) is 0 Å². The highest BCUT2D eigenvalue weighted by Crippen LogP contribution is 2.12. The Hall–Kier alpha value is -2.64. The van der Waals surface area contributed by atoms with Gasteiger partial charge in [-0.25, -0.2) is 0 Å². The lowest BCUT2D eigenvalue weighted by Crippen LogP contribution is -2.33. The molecule has 0 saturated carbocycles. The third-order valence-electron chi connectivity index (χ3n) is 4.01. The zero-order valence-electron chi connectivity index (χ0n) is 16.2. The SMILES string of the molecule is C=C(/C=C\C(=NC)N/C=C/CCN(CCC)C(C)C#N)c1ccccc1. The maximum Gasteiger partial charge on any atom is 0.124 e. The largest absolute Gasteiger partial charge is 0.347 e. The summed E-state index contributed by atoms with van der Waals surface area (Å²) in [5.41, 5.74) is 2.04. The molecule has 1 aromatic carbocycles. The maximum atomic E-state index is 9.07. The van der Waals surface area contributed by atoms with Crippen molar-refractivity contribution in [3.8, 4) is 6.07 Å². The van der Waals surface area contributed by atoms with Gasteiger partial charge in [0.25, 0.3) is 0 Å². The van der Waals surface area contributed by atoms with Gasteiger partial charge in [-0.05, 0) is 49.7 Å². The van der Waals surface area contributed by atoms with Gasteiger partial charge in [0.1, 0.15) is 5.84 Å². The zero-order valence-corrected chi connectivity index (χ0v) is 16.2. The molecule has 0 aliphatic rings. The molecule has 0 spiro atoms. The Labute approximate surface area is 158 Å². The van der Waals surface area contributed by atoms with Crippen LogP contribution in [0.15, 0.2) is 66.3 Å². The van der Waals surface area contributed by atoms with Crippen LogP contribution in [0.4, 0.5) is 0 Å². The Morgan fingerprint density at radius 2 is 2.04 bits per heavy atom. The number of nitrogens with zero attached hydrogens (tertiary/aromatic N) is 3. The average molecular weight is 351 g/mol. The van der Waals surface area contributed by atoms with E-state index in [2.05, 4.69) is 40.9 Å². The van der Waals surface area contributed by atoms with E-state index in [9.17, 15) is 0 Å². The number of nitrogens with one attached hydrogen (secondary N) is 1. The molecular weight excluding hydrogens is 320 g/mol. The lowest BCUT2D eigenvalue weighted by molar-refractivity contribution is 0.251. The van der Waals surface area contributed by atoms with Gasteiger partial charge in [-0.1, -0.05) is 56.0 Å². The first-order valence-corrected chi connectivity index (χ1v) is 9.06. The second-order valence-electron chi connectivity index (χ2n) is 6.01. The average Bonchev–Trinajstić information content (AvgIpc) is 2.68. The van der Waals surface area contributed by atoms with Crippen molar-refractivity contribution in [2.24, 2.45) is 4.99 Å². The molecule has 1 aromatic rings. The summed E-state index contributed by atoms with van der Waals surface area (Å²) in [6, 6.07) is 12.3. The fourth-order valence-corrected chi connectivity index (χ4v) is 2.45. The summed E-state index contributed by atoms with van der Waals surface area (Å²) >= 11 is 0. The number of hydrogen-bond donors (Lipinski definition) is 1. The number of amidine groups is 1. The molecule has 0 amide bonds. The molecule has 0 fully saturated rings. The highest BCUT2D eigenvalue weighted by molar-refractivity contribution is 5.95. The first-order valence-electron chi connectivity index (χ1n) is 9.06. The minimum absolute atomic E-state index is 0.0454. The highest BCUT2D eigenvalue weighted by Gasteiger charge is 2.10. The van der Waals surface area contributed by atoms with Gasteiger partial charge in [0.2, 0.25) is 0 Å². The number of aliphatic imine (C=N–C) groups is 1. The number of allylic oxidation sites excluding steroid dienone is 2. The van der Waals surface area contributed by atoms with Crippen LogP contribution in [-0.2, 0) is 0 Å². The van der Waals surface area contributed by atoms with E-state index in [1.165, 1.54) is 0 Å². The van der Waals surface area contributed by atoms with E-state index in [-0.39, 0.29) is 6.04 Å². The van der Waals surface area contributed by atoms with Crippen LogP contribution in [0.5, 0.6) is 0 Å². The molecular formula is C22H30N4. The lowest BCUT2D eigenvalue weighted by Gasteiger charge is -2.23. The molecule has 1 unspecified atom stereocenters. The van der Waals surface area contributed by atoms with E-state index >= 15 is 0 Å². The van der Waals surface area contributed by atoms with Gasteiger partial charge in [-0.15, -0.1) is 0 Å². The van der Waals surface area contributed by atoms with Gasteiger partial charge in [-0.2, -0.15) is 5.26 Å². The van der Waals surface area contributed by atoms with E-state index < -0.39 is 0 Å². The lowest BCUT2D eigenvalue weighted by atomic mass is 10.1. The predicted octanol–water partition coefficient (Wildman–Crippen LogP) is 4.40. The van der Waals surface area contributed by atoms with E-state index in [0.717, 1.165) is 42.9 Å². The fraction of sp³-hybridized carbons (Fsp3) is 0.364. The predicted molar refractivity (Wildman–Crippen MR) is 112 cm³/mol. The normalized spacial score (nSPS) is 13.3. The number of nitriles is 1. The molecule has 1 atom stereocenters. The molecule has 0 saturated heterocycles. The molecule has 0 heterocycles. The summed E-state index contributed by atoms with van der Waals surface area (Å²) in [7, 11) is 1.75. The first-order chi connectivity index (χ1) is 12.6. The van der Waals surface area contributed by atoms with E-state index in [1.807, 2.05) is 55.6 Å². The van der Waals surface area contributed by atoms with E-state index in [0.29, 0.717) is 0 Å². The molecule has 1 N–H and O–H groups in total. The van der Waals surface area contributed by atoms with Crippen molar-refractivity contribution in [2.75, 3.05) is 20.1 Å². The van der Waals surface area contributed by atoms with Crippen molar-refractivity contribution in [2.45, 2.75) is 32.7 Å². The van der Waals surface area contributed by atoms with Gasteiger partial charge in [0, 0.05) is 13.6 Å². The molecule has 0 aliphatic heterocycles. The molecule has 1 rings (SSSR count). The van der Waals surface area contributed by atoms with Gasteiger partial charge >= 0.3 is 0 Å². The Bertz CT molecular complexity index is 665. The van der Waals surface area contributed by atoms with Crippen LogP contribution in [0.2, 0.25) is 0 Å². The Kier molecular flexibility index (Phi) is 10.4. The minimum Gasteiger partial charge on any atom is -0.347 e. The molecule has 0 bridgehead atoms. The second kappa shape index (κ2) is 12.7. The van der Waals surface area contributed by atoms with E-state index in [1.54, 1.807) is 7.05 Å². The van der Waals surface area contributed by atoms with Crippen molar-refractivity contribution in [1.29, 1.82) is 5.26 Å². The number of benzene rings is 1. The zero-order chi connectivity index (χ0) is 19.2. The van der Waals surface area contributed by atoms with Gasteiger partial charge in [-0.3, -0.25) is 9.89 Å². The summed E-state index contributed by atoms with van der Waals surface area (Å²) in [6.45, 7) is 9.99. The van der Waals surface area contributed by atoms with Gasteiger partial charge < -0.3 is 5.32 Å². The van der Waals surface area contributed by atoms with E-state index in [4.69, 9.17) is 5.26 Å². The summed E-state index contributed by atoms with van der Waals surface area (Å²) in [4.78, 5) is 6.43. The molecule has 138 valence electrons. The van der Waals surface area contributed by atoms with Crippen molar-refractivity contribution in [1.82, 2.24) is 10.2 Å².